The molecule has 13 heteroatoms. The maximum atomic E-state index is 13.2. The van der Waals surface area contributed by atoms with Crippen molar-refractivity contribution in [3.63, 3.8) is 0 Å². The molecule has 0 aliphatic carbocycles. The van der Waals surface area contributed by atoms with Gasteiger partial charge in [0.1, 0.15) is 35.4 Å². The molecule has 2 fully saturated rings. The lowest BCUT2D eigenvalue weighted by Gasteiger charge is -2.32. The Kier molecular flexibility index (Phi) is 10.6. The van der Waals surface area contributed by atoms with Crippen LogP contribution in [0.5, 0.6) is 11.5 Å². The van der Waals surface area contributed by atoms with Crippen LogP contribution in [-0.2, 0) is 29.0 Å². The zero-order valence-electron chi connectivity index (χ0n) is 32.0. The normalized spacial score (nSPS) is 17.5. The number of ether oxygens (including phenoxy) is 1. The van der Waals surface area contributed by atoms with Gasteiger partial charge in [0.15, 0.2) is 5.65 Å². The summed E-state index contributed by atoms with van der Waals surface area (Å²) in [7, 11) is 0. The quantitative estimate of drug-likeness (QED) is 0.0997. The summed E-state index contributed by atoms with van der Waals surface area (Å²) < 4.78 is 8.06. The highest BCUT2D eigenvalue weighted by molar-refractivity contribution is 7.99. The summed E-state index contributed by atoms with van der Waals surface area (Å²) in [6, 6.07) is 32.0. The van der Waals surface area contributed by atoms with Gasteiger partial charge in [-0.1, -0.05) is 48.5 Å². The van der Waals surface area contributed by atoms with Gasteiger partial charge in [-0.05, 0) is 97.3 Å². The van der Waals surface area contributed by atoms with E-state index in [9.17, 15) is 14.4 Å². The van der Waals surface area contributed by atoms with Crippen LogP contribution in [0.25, 0.3) is 22.3 Å². The van der Waals surface area contributed by atoms with E-state index < -0.39 is 6.04 Å². The van der Waals surface area contributed by atoms with E-state index in [2.05, 4.69) is 55.2 Å². The van der Waals surface area contributed by atoms with Crippen LogP contribution in [0.15, 0.2) is 108 Å². The molecule has 0 saturated carbocycles. The fraction of sp³-hybridized carbons (Fsp3) is 0.289. The summed E-state index contributed by atoms with van der Waals surface area (Å²) in [5.41, 5.74) is 13.1. The van der Waals surface area contributed by atoms with Crippen molar-refractivity contribution < 1.29 is 19.1 Å². The number of piperidine rings is 2. The Labute approximate surface area is 340 Å². The van der Waals surface area contributed by atoms with Crippen molar-refractivity contribution in [2.24, 2.45) is 0 Å². The van der Waals surface area contributed by atoms with Crippen molar-refractivity contribution in [2.45, 2.75) is 62.0 Å². The molecule has 294 valence electrons. The number of thioether (sulfide) groups is 1. The van der Waals surface area contributed by atoms with Gasteiger partial charge in [-0.25, -0.2) is 14.6 Å². The number of nitrogens with zero attached hydrogens (tertiary/aromatic N) is 6. The number of imide groups is 1. The number of hydrogen-bond donors (Lipinski definition) is 2. The molecule has 1 atom stereocenters. The zero-order chi connectivity index (χ0) is 39.6. The number of aryl methyl sites for hydroxylation is 1. The van der Waals surface area contributed by atoms with Crippen LogP contribution in [-0.4, -0.2) is 78.7 Å². The number of rotatable bonds is 12. The van der Waals surface area contributed by atoms with Crippen LogP contribution in [0.4, 0.5) is 5.82 Å². The molecule has 3 N–H and O–H groups in total. The number of carbonyl (C=O) groups excluding carboxylic acids is 3. The molecule has 0 bridgehead atoms. The Balaban J connectivity index is 0.766. The molecule has 5 heterocycles. The maximum absolute atomic E-state index is 13.2. The highest BCUT2D eigenvalue weighted by atomic mass is 32.2. The van der Waals surface area contributed by atoms with Gasteiger partial charge in [-0.3, -0.25) is 19.7 Å². The molecule has 3 aliphatic rings. The Morgan fingerprint density at radius 1 is 0.810 bits per heavy atom. The van der Waals surface area contributed by atoms with Crippen molar-refractivity contribution in [3.8, 4) is 22.8 Å². The largest absolute Gasteiger partial charge is 0.457 e. The maximum Gasteiger partial charge on any atom is 0.255 e. The van der Waals surface area contributed by atoms with E-state index in [1.807, 2.05) is 66.7 Å². The fourth-order valence-electron chi connectivity index (χ4n) is 8.28. The van der Waals surface area contributed by atoms with Crippen LogP contribution in [0.2, 0.25) is 0 Å². The SMILES string of the molecule is Nc1ncnc2c1c(-c1ccc(Oc3ccccc3)cc1)nn2C1CCN(CCc2ccc(CCSc3cccc4c3CN(C3CCC(=O)NC3=O)C4=O)cc2)CC1. The minimum absolute atomic E-state index is 0.137. The molecule has 3 aliphatic heterocycles. The number of carbonyl (C=O) groups is 3. The van der Waals surface area contributed by atoms with Gasteiger partial charge in [0.2, 0.25) is 11.8 Å². The summed E-state index contributed by atoms with van der Waals surface area (Å²) in [6.07, 6.45) is 5.95. The molecule has 4 aromatic carbocycles. The van der Waals surface area contributed by atoms with Gasteiger partial charge in [-0.15, -0.1) is 11.8 Å². The minimum atomic E-state index is -0.606. The third kappa shape index (κ3) is 7.79. The number of fused-ring (bicyclic) bond motifs is 2. The Morgan fingerprint density at radius 3 is 2.31 bits per heavy atom. The number of nitrogen functional groups attached to an aromatic ring is 1. The van der Waals surface area contributed by atoms with E-state index in [1.54, 1.807) is 16.7 Å². The first-order chi connectivity index (χ1) is 28.4. The molecule has 1 unspecified atom stereocenters. The van der Waals surface area contributed by atoms with Gasteiger partial charge in [0.05, 0.1) is 11.4 Å². The number of aromatic nitrogens is 4. The number of benzene rings is 4. The summed E-state index contributed by atoms with van der Waals surface area (Å²) in [6.45, 7) is 3.33. The third-order valence-electron chi connectivity index (χ3n) is 11.5. The topological polar surface area (TPSA) is 149 Å². The van der Waals surface area contributed by atoms with E-state index >= 15 is 0 Å². The van der Waals surface area contributed by atoms with Crippen molar-refractivity contribution in [1.82, 2.24) is 34.9 Å². The smallest absolute Gasteiger partial charge is 0.255 e. The summed E-state index contributed by atoms with van der Waals surface area (Å²) in [5.74, 6) is 2.03. The third-order valence-corrected chi connectivity index (χ3v) is 12.6. The number of hydrogen-bond acceptors (Lipinski definition) is 10. The predicted octanol–water partition coefficient (Wildman–Crippen LogP) is 6.84. The first-order valence-electron chi connectivity index (χ1n) is 19.9. The van der Waals surface area contributed by atoms with Gasteiger partial charge in [0.25, 0.3) is 5.91 Å². The lowest BCUT2D eigenvalue weighted by Crippen LogP contribution is -2.52. The van der Waals surface area contributed by atoms with Gasteiger partial charge in [0, 0.05) is 54.4 Å². The van der Waals surface area contributed by atoms with Gasteiger partial charge >= 0.3 is 0 Å². The number of nitrogens with one attached hydrogen (secondary N) is 1. The monoisotopic (exact) mass is 792 g/mol. The van der Waals surface area contributed by atoms with E-state index in [0.717, 1.165) is 95.3 Å². The highest BCUT2D eigenvalue weighted by Crippen LogP contribution is 2.37. The standard InChI is InChI=1S/C45H44N8O4S/c46-42-40-41(31-13-15-34(16-14-31)57-33-5-2-1-3-6-33)50-53(43(40)48-28-47-42)32-20-24-51(25-21-32)23-19-29-9-11-30(12-10-29)22-26-58-38-8-4-7-35-36(38)27-52(45(35)56)37-17-18-39(54)49-44(37)55/h1-16,28,32,37H,17-27H2,(H2,46,47,48)(H,49,54,55). The Morgan fingerprint density at radius 2 is 1.55 bits per heavy atom. The molecule has 2 aromatic heterocycles. The second kappa shape index (κ2) is 16.4. The highest BCUT2D eigenvalue weighted by Gasteiger charge is 2.40. The molecule has 3 amide bonds. The second-order valence-electron chi connectivity index (χ2n) is 15.1. The lowest BCUT2D eigenvalue weighted by atomic mass is 10.0. The van der Waals surface area contributed by atoms with E-state index in [4.69, 9.17) is 15.6 Å². The average Bonchev–Trinajstić information content (AvgIpc) is 3.81. The number of amides is 3. The molecule has 2 saturated heterocycles. The lowest BCUT2D eigenvalue weighted by molar-refractivity contribution is -0.136. The molecule has 0 spiro atoms. The average molecular weight is 793 g/mol. The minimum Gasteiger partial charge on any atom is -0.457 e. The summed E-state index contributed by atoms with van der Waals surface area (Å²) >= 11 is 1.74. The summed E-state index contributed by atoms with van der Waals surface area (Å²) in [4.78, 5) is 51.5. The predicted molar refractivity (Wildman–Crippen MR) is 223 cm³/mol. The fourth-order valence-corrected chi connectivity index (χ4v) is 9.36. The molecule has 6 aromatic rings. The molecule has 9 rings (SSSR count). The Hall–Kier alpha value is -6.05. The van der Waals surface area contributed by atoms with Gasteiger partial charge < -0.3 is 20.3 Å². The molecule has 58 heavy (non-hydrogen) atoms. The van der Waals surface area contributed by atoms with Crippen molar-refractivity contribution >= 4 is 46.3 Å². The van der Waals surface area contributed by atoms with Crippen LogP contribution in [0, 0.1) is 0 Å². The Bertz CT molecular complexity index is 2470. The molecule has 12 nitrogen and oxygen atoms in total. The van der Waals surface area contributed by atoms with Crippen LogP contribution in [0.1, 0.15) is 58.8 Å². The van der Waals surface area contributed by atoms with Crippen molar-refractivity contribution in [3.05, 3.63) is 126 Å². The van der Waals surface area contributed by atoms with E-state index in [-0.39, 0.29) is 30.2 Å². The molecular formula is C45H44N8O4S. The van der Waals surface area contributed by atoms with Crippen LogP contribution < -0.4 is 15.8 Å². The van der Waals surface area contributed by atoms with Crippen LogP contribution >= 0.6 is 11.8 Å². The second-order valence-corrected chi connectivity index (χ2v) is 16.2. The summed E-state index contributed by atoms with van der Waals surface area (Å²) in [5, 5.41) is 8.26. The first kappa shape index (κ1) is 37.5. The zero-order valence-corrected chi connectivity index (χ0v) is 32.9. The van der Waals surface area contributed by atoms with E-state index in [0.29, 0.717) is 24.3 Å². The number of para-hydroxylation sites is 1. The van der Waals surface area contributed by atoms with Crippen molar-refractivity contribution in [2.75, 3.05) is 31.1 Å². The van der Waals surface area contributed by atoms with Gasteiger partial charge in [-0.2, -0.15) is 5.10 Å². The molecule has 0 radical (unpaired) electrons. The van der Waals surface area contributed by atoms with E-state index in [1.165, 1.54) is 17.5 Å². The number of anilines is 1. The number of nitrogens with two attached hydrogens (primary N) is 1. The molecular weight excluding hydrogens is 749 g/mol. The number of likely N-dealkylation sites (tertiary alicyclic amines) is 1. The van der Waals surface area contributed by atoms with Crippen molar-refractivity contribution in [1.29, 1.82) is 0 Å². The first-order valence-corrected chi connectivity index (χ1v) is 20.9. The van der Waals surface area contributed by atoms with Crippen LogP contribution in [0.3, 0.4) is 0 Å².